The van der Waals surface area contributed by atoms with Gasteiger partial charge < -0.3 is 14.8 Å². The molecule has 1 aromatic carbocycles. The van der Waals surface area contributed by atoms with Crippen LogP contribution in [0.3, 0.4) is 0 Å². The minimum absolute atomic E-state index is 0.0520. The van der Waals surface area contributed by atoms with Gasteiger partial charge in [-0.2, -0.15) is 0 Å². The second-order valence-corrected chi connectivity index (χ2v) is 8.83. The van der Waals surface area contributed by atoms with Crippen molar-refractivity contribution in [1.29, 1.82) is 0 Å². The molecule has 164 valence electrons. The highest BCUT2D eigenvalue weighted by molar-refractivity contribution is 7.20. The number of nitrogens with one attached hydrogen (secondary N) is 1. The van der Waals surface area contributed by atoms with Gasteiger partial charge in [-0.05, 0) is 70.2 Å². The Balaban J connectivity index is 1.44. The second-order valence-electron chi connectivity index (χ2n) is 7.83. The zero-order valence-corrected chi connectivity index (χ0v) is 19.4. The lowest BCUT2D eigenvalue weighted by atomic mass is 10.1. The van der Waals surface area contributed by atoms with E-state index < -0.39 is 0 Å². The van der Waals surface area contributed by atoms with E-state index in [1.807, 2.05) is 45.9 Å². The minimum atomic E-state index is -0.0520. The third-order valence-corrected chi connectivity index (χ3v) is 6.63. The molecule has 0 saturated heterocycles. The summed E-state index contributed by atoms with van der Waals surface area (Å²) in [7, 11) is 0. The number of fused-ring (bicyclic) bond motifs is 1. The molecule has 1 aliphatic rings. The van der Waals surface area contributed by atoms with Crippen LogP contribution in [-0.2, 0) is 6.42 Å². The highest BCUT2D eigenvalue weighted by atomic mass is 32.1. The van der Waals surface area contributed by atoms with Crippen LogP contribution >= 0.6 is 11.3 Å². The molecular formula is C24H29N3O3S. The van der Waals surface area contributed by atoms with Crippen molar-refractivity contribution in [2.75, 3.05) is 19.8 Å². The molecule has 7 heteroatoms. The summed E-state index contributed by atoms with van der Waals surface area (Å²) in [6.45, 7) is 9.63. The number of rotatable bonds is 9. The van der Waals surface area contributed by atoms with Gasteiger partial charge in [-0.3, -0.25) is 4.79 Å². The molecule has 1 N–H and O–H groups in total. The van der Waals surface area contributed by atoms with Gasteiger partial charge in [0, 0.05) is 17.8 Å². The molecule has 31 heavy (non-hydrogen) atoms. The number of aryl methyl sites for hydroxylation is 2. The van der Waals surface area contributed by atoms with E-state index in [0.717, 1.165) is 49.2 Å². The normalized spacial score (nSPS) is 13.4. The third-order valence-electron chi connectivity index (χ3n) is 5.44. The van der Waals surface area contributed by atoms with Gasteiger partial charge in [0.05, 0.1) is 23.8 Å². The molecule has 0 aliphatic heterocycles. The maximum atomic E-state index is 12.9. The van der Waals surface area contributed by atoms with E-state index in [1.54, 1.807) is 0 Å². The Morgan fingerprint density at radius 1 is 1.13 bits per heavy atom. The van der Waals surface area contributed by atoms with Crippen molar-refractivity contribution in [3.8, 4) is 11.5 Å². The van der Waals surface area contributed by atoms with Gasteiger partial charge in [0.1, 0.15) is 10.7 Å². The highest BCUT2D eigenvalue weighted by Gasteiger charge is 2.28. The van der Waals surface area contributed by atoms with Gasteiger partial charge in [-0.15, -0.1) is 11.3 Å². The van der Waals surface area contributed by atoms with Crippen LogP contribution in [0.15, 0.2) is 18.2 Å². The number of hydrogen-bond donors (Lipinski definition) is 1. The summed E-state index contributed by atoms with van der Waals surface area (Å²) in [5.41, 5.74) is 3.03. The fourth-order valence-corrected chi connectivity index (χ4v) is 4.91. The summed E-state index contributed by atoms with van der Waals surface area (Å²) in [6.07, 6.45) is 3.05. The molecule has 6 nitrogen and oxygen atoms in total. The van der Waals surface area contributed by atoms with Gasteiger partial charge in [-0.25, -0.2) is 9.97 Å². The van der Waals surface area contributed by atoms with E-state index in [-0.39, 0.29) is 5.91 Å². The summed E-state index contributed by atoms with van der Waals surface area (Å²) in [4.78, 5) is 24.0. The Bertz CT molecular complexity index is 1110. The van der Waals surface area contributed by atoms with Gasteiger partial charge in [0.25, 0.3) is 5.91 Å². The lowest BCUT2D eigenvalue weighted by molar-refractivity contribution is 0.0957. The predicted molar refractivity (Wildman–Crippen MR) is 124 cm³/mol. The standard InChI is InChI=1S/C24H29N3O3S/c1-5-29-18-10-7-16(13-19(18)30-6-2)11-12-25-23(28)21-14(3)20-15(4)26-22(17-8-9-17)27-24(20)31-21/h7,10,13,17H,5-6,8-9,11-12H2,1-4H3,(H,25,28). The Hall–Kier alpha value is -2.67. The maximum Gasteiger partial charge on any atom is 0.261 e. The molecule has 1 amide bonds. The van der Waals surface area contributed by atoms with E-state index >= 15 is 0 Å². The number of benzene rings is 1. The fourth-order valence-electron chi connectivity index (χ4n) is 3.75. The topological polar surface area (TPSA) is 73.3 Å². The molecule has 0 unspecified atom stereocenters. The van der Waals surface area contributed by atoms with Crippen molar-refractivity contribution in [3.05, 3.63) is 45.7 Å². The largest absolute Gasteiger partial charge is 0.490 e. The van der Waals surface area contributed by atoms with Gasteiger partial charge in [0.2, 0.25) is 0 Å². The minimum Gasteiger partial charge on any atom is -0.490 e. The van der Waals surface area contributed by atoms with Crippen molar-refractivity contribution in [3.63, 3.8) is 0 Å². The third kappa shape index (κ3) is 4.66. The molecule has 4 rings (SSSR count). The average molecular weight is 440 g/mol. The van der Waals surface area contributed by atoms with Gasteiger partial charge in [-0.1, -0.05) is 6.07 Å². The first kappa shape index (κ1) is 21.6. The summed E-state index contributed by atoms with van der Waals surface area (Å²) in [6, 6.07) is 5.94. The van der Waals surface area contributed by atoms with Crippen molar-refractivity contribution in [2.24, 2.45) is 0 Å². The van der Waals surface area contributed by atoms with Crippen LogP contribution in [-0.4, -0.2) is 35.6 Å². The predicted octanol–water partition coefficient (Wildman–Crippen LogP) is 4.96. The van der Waals surface area contributed by atoms with Gasteiger partial charge >= 0.3 is 0 Å². The molecule has 0 bridgehead atoms. The number of aromatic nitrogens is 2. The molecule has 0 atom stereocenters. The molecule has 1 aliphatic carbocycles. The Morgan fingerprint density at radius 2 is 1.87 bits per heavy atom. The first-order valence-electron chi connectivity index (χ1n) is 11.0. The van der Waals surface area contributed by atoms with E-state index in [9.17, 15) is 4.79 Å². The first-order valence-corrected chi connectivity index (χ1v) is 11.8. The first-order chi connectivity index (χ1) is 15.0. The summed E-state index contributed by atoms with van der Waals surface area (Å²) < 4.78 is 11.3. The van der Waals surface area contributed by atoms with Crippen LogP contribution < -0.4 is 14.8 Å². The number of ether oxygens (including phenoxy) is 2. The molecule has 0 radical (unpaired) electrons. The monoisotopic (exact) mass is 439 g/mol. The average Bonchev–Trinajstić information content (AvgIpc) is 3.53. The van der Waals surface area contributed by atoms with Crippen LogP contribution in [0.5, 0.6) is 11.5 Å². The number of hydrogen-bond acceptors (Lipinski definition) is 6. The summed E-state index contributed by atoms with van der Waals surface area (Å²) in [5, 5.41) is 4.08. The quantitative estimate of drug-likeness (QED) is 0.510. The number of thiophene rings is 1. The number of carbonyl (C=O) groups excluding carboxylic acids is 1. The van der Waals surface area contributed by atoms with Crippen LogP contribution in [0.2, 0.25) is 0 Å². The Kier molecular flexibility index (Phi) is 6.41. The van der Waals surface area contributed by atoms with Crippen LogP contribution in [0.1, 0.15) is 64.9 Å². The van der Waals surface area contributed by atoms with E-state index in [1.165, 1.54) is 24.2 Å². The molecule has 1 saturated carbocycles. The molecule has 3 aromatic rings. The SMILES string of the molecule is CCOc1ccc(CCNC(=O)c2sc3nc(C4CC4)nc(C)c3c2C)cc1OCC. The van der Waals surface area contributed by atoms with Crippen molar-refractivity contribution in [1.82, 2.24) is 15.3 Å². The zero-order chi connectivity index (χ0) is 22.0. The van der Waals surface area contributed by atoms with E-state index in [4.69, 9.17) is 14.5 Å². The molecule has 0 spiro atoms. The Labute approximate surface area is 187 Å². The fraction of sp³-hybridized carbons (Fsp3) is 0.458. The van der Waals surface area contributed by atoms with E-state index in [0.29, 0.717) is 32.1 Å². The lowest BCUT2D eigenvalue weighted by Gasteiger charge is -2.12. The van der Waals surface area contributed by atoms with Crippen LogP contribution in [0.25, 0.3) is 10.2 Å². The van der Waals surface area contributed by atoms with Crippen LogP contribution in [0.4, 0.5) is 0 Å². The molecular weight excluding hydrogens is 410 g/mol. The second kappa shape index (κ2) is 9.22. The molecule has 1 fully saturated rings. The van der Waals surface area contributed by atoms with Crippen molar-refractivity contribution >= 4 is 27.5 Å². The van der Waals surface area contributed by atoms with Crippen LogP contribution in [0, 0.1) is 13.8 Å². The highest BCUT2D eigenvalue weighted by Crippen LogP contribution is 2.40. The van der Waals surface area contributed by atoms with Crippen molar-refractivity contribution in [2.45, 2.75) is 52.9 Å². The number of carbonyl (C=O) groups is 1. The zero-order valence-electron chi connectivity index (χ0n) is 18.6. The lowest BCUT2D eigenvalue weighted by Crippen LogP contribution is -2.25. The smallest absolute Gasteiger partial charge is 0.261 e. The summed E-state index contributed by atoms with van der Waals surface area (Å²) >= 11 is 1.47. The number of amides is 1. The van der Waals surface area contributed by atoms with Gasteiger partial charge in [0.15, 0.2) is 11.5 Å². The Morgan fingerprint density at radius 3 is 2.58 bits per heavy atom. The number of nitrogens with zero attached hydrogens (tertiary/aromatic N) is 2. The molecule has 2 heterocycles. The summed E-state index contributed by atoms with van der Waals surface area (Å²) in [5.74, 6) is 2.87. The maximum absolute atomic E-state index is 12.9. The van der Waals surface area contributed by atoms with Crippen molar-refractivity contribution < 1.29 is 14.3 Å². The van der Waals surface area contributed by atoms with E-state index in [2.05, 4.69) is 10.3 Å². The molecule has 2 aromatic heterocycles.